The molecule has 16 heavy (non-hydrogen) atoms. The summed E-state index contributed by atoms with van der Waals surface area (Å²) in [5.41, 5.74) is 0.783. The van der Waals surface area contributed by atoms with E-state index in [0.717, 1.165) is 17.1 Å². The predicted molar refractivity (Wildman–Crippen MR) is 63.8 cm³/mol. The molecule has 0 N–H and O–H groups in total. The first-order valence-corrected chi connectivity index (χ1v) is 6.64. The van der Waals surface area contributed by atoms with Crippen molar-refractivity contribution in [3.63, 3.8) is 0 Å². The highest BCUT2D eigenvalue weighted by Crippen LogP contribution is 2.53. The fourth-order valence-electron chi connectivity index (χ4n) is 1.29. The number of esters is 1. The van der Waals surface area contributed by atoms with Crippen LogP contribution in [0.4, 0.5) is 0 Å². The Morgan fingerprint density at radius 2 is 2.44 bits per heavy atom. The summed E-state index contributed by atoms with van der Waals surface area (Å²) in [7, 11) is 0. The average Bonchev–Trinajstić information content (AvgIpc) is 2.71. The molecule has 1 aliphatic carbocycles. The van der Waals surface area contributed by atoms with Crippen molar-refractivity contribution in [2.75, 3.05) is 0 Å². The van der Waals surface area contributed by atoms with Crippen molar-refractivity contribution in [3.05, 3.63) is 16.1 Å². The van der Waals surface area contributed by atoms with E-state index in [1.54, 1.807) is 11.3 Å². The smallest absolute Gasteiger partial charge is 0.312 e. The minimum Gasteiger partial charge on any atom is -0.459 e. The standard InChI is InChI=1S/C10H11Cl2NO2S/c1-2-8-13-6(5-16-8)4-15-9(14)7-3-10(7,11)12/h5,7H,2-4H2,1H3. The van der Waals surface area contributed by atoms with E-state index in [1.165, 1.54) is 0 Å². The van der Waals surface area contributed by atoms with Gasteiger partial charge in [-0.05, 0) is 12.8 Å². The van der Waals surface area contributed by atoms with E-state index in [4.69, 9.17) is 27.9 Å². The number of carbonyl (C=O) groups excluding carboxylic acids is 1. The lowest BCUT2D eigenvalue weighted by atomic mass is 10.4. The van der Waals surface area contributed by atoms with E-state index in [1.807, 2.05) is 12.3 Å². The number of aryl methyl sites for hydroxylation is 1. The first-order valence-electron chi connectivity index (χ1n) is 5.00. The van der Waals surface area contributed by atoms with Crippen molar-refractivity contribution < 1.29 is 9.53 Å². The van der Waals surface area contributed by atoms with Crippen molar-refractivity contribution in [1.82, 2.24) is 4.98 Å². The molecule has 1 saturated carbocycles. The fourth-order valence-corrected chi connectivity index (χ4v) is 2.51. The Morgan fingerprint density at radius 3 is 2.94 bits per heavy atom. The molecule has 1 aromatic heterocycles. The van der Waals surface area contributed by atoms with Crippen LogP contribution in [0.15, 0.2) is 5.38 Å². The van der Waals surface area contributed by atoms with Crippen LogP contribution in [0.5, 0.6) is 0 Å². The Labute approximate surface area is 108 Å². The Morgan fingerprint density at radius 1 is 1.75 bits per heavy atom. The number of hydrogen-bond donors (Lipinski definition) is 0. The Kier molecular flexibility index (Phi) is 3.42. The summed E-state index contributed by atoms with van der Waals surface area (Å²) in [4.78, 5) is 15.7. The average molecular weight is 280 g/mol. The summed E-state index contributed by atoms with van der Waals surface area (Å²) in [5, 5.41) is 2.94. The maximum Gasteiger partial charge on any atom is 0.312 e. The highest BCUT2D eigenvalue weighted by molar-refractivity contribution is 7.09. The predicted octanol–water partition coefficient (Wildman–Crippen LogP) is 2.94. The van der Waals surface area contributed by atoms with Crippen LogP contribution < -0.4 is 0 Å². The third-order valence-corrected chi connectivity index (χ3v) is 4.25. The summed E-state index contributed by atoms with van der Waals surface area (Å²) in [6, 6.07) is 0. The Hall–Kier alpha value is -0.320. The molecule has 1 atom stereocenters. The molecule has 0 aromatic carbocycles. The fraction of sp³-hybridized carbons (Fsp3) is 0.600. The molecule has 0 radical (unpaired) electrons. The number of carbonyl (C=O) groups is 1. The first-order chi connectivity index (χ1) is 7.53. The third-order valence-electron chi connectivity index (χ3n) is 2.37. The van der Waals surface area contributed by atoms with Crippen molar-refractivity contribution in [1.29, 1.82) is 0 Å². The number of thiazole rings is 1. The lowest BCUT2D eigenvalue weighted by Gasteiger charge is -2.02. The number of ether oxygens (including phenoxy) is 1. The van der Waals surface area contributed by atoms with Gasteiger partial charge in [0.2, 0.25) is 0 Å². The molecule has 0 bridgehead atoms. The maximum absolute atomic E-state index is 11.5. The molecule has 6 heteroatoms. The first kappa shape index (κ1) is 12.1. The van der Waals surface area contributed by atoms with Gasteiger partial charge >= 0.3 is 5.97 Å². The molecule has 1 fully saturated rings. The van der Waals surface area contributed by atoms with Gasteiger partial charge in [0.25, 0.3) is 0 Å². The molecule has 1 aliphatic rings. The summed E-state index contributed by atoms with van der Waals surface area (Å²) in [6.45, 7) is 2.24. The van der Waals surface area contributed by atoms with Gasteiger partial charge in [-0.25, -0.2) is 4.98 Å². The van der Waals surface area contributed by atoms with Crippen molar-refractivity contribution in [2.45, 2.75) is 30.7 Å². The molecule has 2 rings (SSSR count). The third kappa shape index (κ3) is 2.67. The molecule has 88 valence electrons. The lowest BCUT2D eigenvalue weighted by Crippen LogP contribution is -2.10. The van der Waals surface area contributed by atoms with Gasteiger partial charge in [-0.1, -0.05) is 6.92 Å². The van der Waals surface area contributed by atoms with Crippen LogP contribution in [0, 0.1) is 5.92 Å². The normalized spacial score (nSPS) is 21.8. The second kappa shape index (κ2) is 4.51. The SMILES string of the molecule is CCc1nc(COC(=O)C2CC2(Cl)Cl)cs1. The molecule has 1 heterocycles. The van der Waals surface area contributed by atoms with Crippen LogP contribution in [0.2, 0.25) is 0 Å². The maximum atomic E-state index is 11.5. The van der Waals surface area contributed by atoms with Gasteiger partial charge in [0.05, 0.1) is 16.6 Å². The second-order valence-electron chi connectivity index (χ2n) is 3.71. The van der Waals surface area contributed by atoms with Gasteiger partial charge in [0.1, 0.15) is 10.9 Å². The van der Waals surface area contributed by atoms with Crippen molar-refractivity contribution in [2.24, 2.45) is 5.92 Å². The zero-order valence-electron chi connectivity index (χ0n) is 8.70. The van der Waals surface area contributed by atoms with E-state index in [-0.39, 0.29) is 18.5 Å². The van der Waals surface area contributed by atoms with Crippen LogP contribution in [0.1, 0.15) is 24.0 Å². The van der Waals surface area contributed by atoms with Gasteiger partial charge in [-0.3, -0.25) is 4.79 Å². The highest BCUT2D eigenvalue weighted by Gasteiger charge is 2.57. The number of rotatable bonds is 4. The number of alkyl halides is 2. The Balaban J connectivity index is 1.81. The number of hydrogen-bond acceptors (Lipinski definition) is 4. The molecule has 0 saturated heterocycles. The van der Waals surface area contributed by atoms with Gasteiger partial charge < -0.3 is 4.74 Å². The molecule has 1 unspecified atom stereocenters. The van der Waals surface area contributed by atoms with Crippen LogP contribution in [-0.4, -0.2) is 15.3 Å². The topological polar surface area (TPSA) is 39.2 Å². The lowest BCUT2D eigenvalue weighted by molar-refractivity contribution is -0.146. The monoisotopic (exact) mass is 279 g/mol. The number of aromatic nitrogens is 1. The molecule has 0 aliphatic heterocycles. The quantitative estimate of drug-likeness (QED) is 0.628. The van der Waals surface area contributed by atoms with E-state index in [0.29, 0.717) is 6.42 Å². The van der Waals surface area contributed by atoms with Crippen LogP contribution in [0.3, 0.4) is 0 Å². The minimum absolute atomic E-state index is 0.204. The van der Waals surface area contributed by atoms with E-state index < -0.39 is 4.33 Å². The van der Waals surface area contributed by atoms with Gasteiger partial charge in [0, 0.05) is 5.38 Å². The van der Waals surface area contributed by atoms with E-state index in [9.17, 15) is 4.79 Å². The zero-order chi connectivity index (χ0) is 11.8. The van der Waals surface area contributed by atoms with Crippen molar-refractivity contribution >= 4 is 40.5 Å². The van der Waals surface area contributed by atoms with Gasteiger partial charge in [0.15, 0.2) is 0 Å². The molecule has 0 amide bonds. The minimum atomic E-state index is -0.909. The highest BCUT2D eigenvalue weighted by atomic mass is 35.5. The largest absolute Gasteiger partial charge is 0.459 e. The number of halogens is 2. The summed E-state index contributed by atoms with van der Waals surface area (Å²) in [5.74, 6) is -0.712. The molecule has 3 nitrogen and oxygen atoms in total. The summed E-state index contributed by atoms with van der Waals surface area (Å²) >= 11 is 13.1. The van der Waals surface area contributed by atoms with E-state index in [2.05, 4.69) is 4.98 Å². The van der Waals surface area contributed by atoms with Crippen LogP contribution >= 0.6 is 34.5 Å². The zero-order valence-corrected chi connectivity index (χ0v) is 11.0. The van der Waals surface area contributed by atoms with E-state index >= 15 is 0 Å². The van der Waals surface area contributed by atoms with Crippen molar-refractivity contribution in [3.8, 4) is 0 Å². The summed E-state index contributed by atoms with van der Waals surface area (Å²) < 4.78 is 4.17. The molecular formula is C10H11Cl2NO2S. The van der Waals surface area contributed by atoms with Gasteiger partial charge in [-0.15, -0.1) is 34.5 Å². The second-order valence-corrected chi connectivity index (χ2v) is 6.20. The summed E-state index contributed by atoms with van der Waals surface area (Å²) in [6.07, 6.45) is 1.37. The van der Waals surface area contributed by atoms with Crippen LogP contribution in [-0.2, 0) is 22.6 Å². The van der Waals surface area contributed by atoms with Crippen LogP contribution in [0.25, 0.3) is 0 Å². The van der Waals surface area contributed by atoms with Gasteiger partial charge in [-0.2, -0.15) is 0 Å². The molecule has 1 aromatic rings. The number of nitrogens with zero attached hydrogens (tertiary/aromatic N) is 1. The Bertz CT molecular complexity index is 405. The molecular weight excluding hydrogens is 269 g/mol. The molecule has 0 spiro atoms.